The molecular weight excluding hydrogens is 220 g/mol. The van der Waals surface area contributed by atoms with E-state index >= 15 is 0 Å². The lowest BCUT2D eigenvalue weighted by atomic mass is 9.93. The van der Waals surface area contributed by atoms with Crippen LogP contribution in [-0.2, 0) is 0 Å². The van der Waals surface area contributed by atoms with Crippen LogP contribution in [0.5, 0.6) is 0 Å². The molecule has 0 fully saturated rings. The standard InChI is InChI=1S/C16H26N2/c1-11(2)17-13(5)15-7-9-16(10-8-15)14(6)18-12(3)4/h7-9,11-12,16-18H,5-6,10H2,1-4H3. The first kappa shape index (κ1) is 14.6. The second-order valence-corrected chi connectivity index (χ2v) is 5.46. The molecular formula is C16H26N2. The maximum atomic E-state index is 4.11. The van der Waals surface area contributed by atoms with E-state index in [2.05, 4.69) is 69.7 Å². The minimum absolute atomic E-state index is 0.392. The van der Waals surface area contributed by atoms with Gasteiger partial charge in [-0.25, -0.2) is 0 Å². The third-order valence-corrected chi connectivity index (χ3v) is 2.83. The van der Waals surface area contributed by atoms with E-state index in [1.807, 2.05) is 0 Å². The SMILES string of the molecule is C=C(NC(C)C)C1=CCC(C(=C)NC(C)C)C=C1. The number of hydrogen-bond acceptors (Lipinski definition) is 2. The van der Waals surface area contributed by atoms with Crippen molar-refractivity contribution in [2.24, 2.45) is 5.92 Å². The fourth-order valence-corrected chi connectivity index (χ4v) is 2.01. The van der Waals surface area contributed by atoms with Crippen molar-refractivity contribution in [1.29, 1.82) is 0 Å². The Morgan fingerprint density at radius 3 is 2.22 bits per heavy atom. The average molecular weight is 246 g/mol. The molecule has 1 unspecified atom stereocenters. The van der Waals surface area contributed by atoms with Gasteiger partial charge in [0.2, 0.25) is 0 Å². The number of rotatable bonds is 6. The molecule has 0 aliphatic heterocycles. The van der Waals surface area contributed by atoms with Crippen molar-refractivity contribution in [3.8, 4) is 0 Å². The molecule has 1 aliphatic rings. The van der Waals surface area contributed by atoms with Crippen molar-refractivity contribution in [3.63, 3.8) is 0 Å². The van der Waals surface area contributed by atoms with Gasteiger partial charge >= 0.3 is 0 Å². The van der Waals surface area contributed by atoms with Gasteiger partial charge in [-0.05, 0) is 39.7 Å². The van der Waals surface area contributed by atoms with Crippen LogP contribution in [0, 0.1) is 5.92 Å². The van der Waals surface area contributed by atoms with E-state index in [4.69, 9.17) is 0 Å². The van der Waals surface area contributed by atoms with E-state index in [1.165, 1.54) is 5.57 Å². The second kappa shape index (κ2) is 6.48. The van der Waals surface area contributed by atoms with Gasteiger partial charge < -0.3 is 10.6 Å². The monoisotopic (exact) mass is 246 g/mol. The molecule has 1 atom stereocenters. The molecule has 100 valence electrons. The molecule has 0 bridgehead atoms. The molecule has 2 nitrogen and oxygen atoms in total. The molecule has 1 rings (SSSR count). The van der Waals surface area contributed by atoms with Crippen molar-refractivity contribution in [3.05, 3.63) is 48.4 Å². The molecule has 0 aromatic carbocycles. The predicted molar refractivity (Wildman–Crippen MR) is 80.2 cm³/mol. The molecule has 0 heterocycles. The van der Waals surface area contributed by atoms with Gasteiger partial charge in [-0.1, -0.05) is 31.4 Å². The molecule has 2 heteroatoms. The minimum Gasteiger partial charge on any atom is -0.386 e. The Morgan fingerprint density at radius 1 is 1.17 bits per heavy atom. The molecule has 0 saturated carbocycles. The van der Waals surface area contributed by atoms with Gasteiger partial charge in [0, 0.05) is 29.4 Å². The maximum absolute atomic E-state index is 4.11. The molecule has 18 heavy (non-hydrogen) atoms. The van der Waals surface area contributed by atoms with Gasteiger partial charge in [0.25, 0.3) is 0 Å². The van der Waals surface area contributed by atoms with Crippen LogP contribution in [0.4, 0.5) is 0 Å². The quantitative estimate of drug-likeness (QED) is 0.749. The van der Waals surface area contributed by atoms with Gasteiger partial charge in [0.05, 0.1) is 0 Å². The summed E-state index contributed by atoms with van der Waals surface area (Å²) in [6, 6.07) is 0.857. The highest BCUT2D eigenvalue weighted by Gasteiger charge is 2.14. The first-order valence-electron chi connectivity index (χ1n) is 6.69. The molecule has 2 N–H and O–H groups in total. The topological polar surface area (TPSA) is 24.1 Å². The summed E-state index contributed by atoms with van der Waals surface area (Å²) >= 11 is 0. The summed E-state index contributed by atoms with van der Waals surface area (Å²) in [7, 11) is 0. The summed E-state index contributed by atoms with van der Waals surface area (Å²) in [4.78, 5) is 0. The Balaban J connectivity index is 2.54. The van der Waals surface area contributed by atoms with Gasteiger partial charge in [0.1, 0.15) is 0 Å². The molecule has 0 spiro atoms. The van der Waals surface area contributed by atoms with Crippen LogP contribution in [0.15, 0.2) is 48.4 Å². The zero-order valence-electron chi connectivity index (χ0n) is 12.1. The van der Waals surface area contributed by atoms with Crippen molar-refractivity contribution >= 4 is 0 Å². The van der Waals surface area contributed by atoms with Gasteiger partial charge in [-0.2, -0.15) is 0 Å². The summed E-state index contributed by atoms with van der Waals surface area (Å²) in [6.07, 6.45) is 7.57. The number of allylic oxidation sites excluding steroid dienone is 3. The lowest BCUT2D eigenvalue weighted by Gasteiger charge is -2.23. The second-order valence-electron chi connectivity index (χ2n) is 5.46. The van der Waals surface area contributed by atoms with E-state index in [9.17, 15) is 0 Å². The summed E-state index contributed by atoms with van der Waals surface area (Å²) in [5, 5.41) is 6.71. The predicted octanol–water partition coefficient (Wildman–Crippen LogP) is 3.51. The smallest absolute Gasteiger partial charge is 0.0339 e. The molecule has 0 amide bonds. The first-order chi connectivity index (χ1) is 8.40. The van der Waals surface area contributed by atoms with E-state index in [1.54, 1.807) is 0 Å². The molecule has 0 aromatic heterocycles. The zero-order chi connectivity index (χ0) is 13.7. The highest BCUT2D eigenvalue weighted by atomic mass is 14.9. The number of hydrogen-bond donors (Lipinski definition) is 2. The third kappa shape index (κ3) is 4.44. The Hall–Kier alpha value is -1.44. The summed E-state index contributed by atoms with van der Waals surface area (Å²) < 4.78 is 0. The number of nitrogens with one attached hydrogen (secondary N) is 2. The van der Waals surface area contributed by atoms with Crippen LogP contribution in [0.2, 0.25) is 0 Å². The third-order valence-electron chi connectivity index (χ3n) is 2.83. The lowest BCUT2D eigenvalue weighted by Crippen LogP contribution is -2.26. The van der Waals surface area contributed by atoms with Crippen molar-refractivity contribution in [1.82, 2.24) is 10.6 Å². The van der Waals surface area contributed by atoms with Crippen molar-refractivity contribution < 1.29 is 0 Å². The molecule has 1 aliphatic carbocycles. The van der Waals surface area contributed by atoms with E-state index in [0.29, 0.717) is 18.0 Å². The fraction of sp³-hybridized carbons (Fsp3) is 0.500. The van der Waals surface area contributed by atoms with Crippen LogP contribution in [0.3, 0.4) is 0 Å². The van der Waals surface area contributed by atoms with E-state index in [-0.39, 0.29) is 0 Å². The molecule has 0 radical (unpaired) electrons. The largest absolute Gasteiger partial charge is 0.386 e. The van der Waals surface area contributed by atoms with Crippen LogP contribution < -0.4 is 10.6 Å². The Morgan fingerprint density at radius 2 is 1.78 bits per heavy atom. The Kier molecular flexibility index (Phi) is 5.26. The van der Waals surface area contributed by atoms with Gasteiger partial charge in [-0.3, -0.25) is 0 Å². The van der Waals surface area contributed by atoms with Gasteiger partial charge in [0.15, 0.2) is 0 Å². The lowest BCUT2D eigenvalue weighted by molar-refractivity contribution is 0.593. The van der Waals surface area contributed by atoms with Gasteiger partial charge in [-0.15, -0.1) is 0 Å². The average Bonchev–Trinajstić information content (AvgIpc) is 2.27. The normalized spacial score (nSPS) is 18.8. The van der Waals surface area contributed by atoms with E-state index < -0.39 is 0 Å². The molecule has 0 aromatic rings. The van der Waals surface area contributed by atoms with Crippen LogP contribution >= 0.6 is 0 Å². The Bertz CT molecular complexity index is 373. The summed E-state index contributed by atoms with van der Waals surface area (Å²) in [6.45, 7) is 16.7. The van der Waals surface area contributed by atoms with E-state index in [0.717, 1.165) is 17.8 Å². The first-order valence-corrected chi connectivity index (χ1v) is 6.69. The fourth-order valence-electron chi connectivity index (χ4n) is 2.01. The maximum Gasteiger partial charge on any atom is 0.0339 e. The van der Waals surface area contributed by atoms with Crippen LogP contribution in [-0.4, -0.2) is 12.1 Å². The summed E-state index contributed by atoms with van der Waals surface area (Å²) in [5.41, 5.74) is 3.29. The van der Waals surface area contributed by atoms with Crippen molar-refractivity contribution in [2.45, 2.75) is 46.2 Å². The highest BCUT2D eigenvalue weighted by molar-refractivity contribution is 5.40. The van der Waals surface area contributed by atoms with Crippen molar-refractivity contribution in [2.75, 3.05) is 0 Å². The Labute approximate surface area is 112 Å². The van der Waals surface area contributed by atoms with Crippen LogP contribution in [0.25, 0.3) is 0 Å². The van der Waals surface area contributed by atoms with Crippen LogP contribution in [0.1, 0.15) is 34.1 Å². The highest BCUT2D eigenvalue weighted by Crippen LogP contribution is 2.23. The summed E-state index contributed by atoms with van der Waals surface area (Å²) in [5.74, 6) is 0.392. The minimum atomic E-state index is 0.392. The molecule has 0 saturated heterocycles. The zero-order valence-corrected chi connectivity index (χ0v) is 12.1.